The molecule has 0 aromatic carbocycles. The van der Waals surface area contributed by atoms with Crippen LogP contribution in [0.25, 0.3) is 0 Å². The summed E-state index contributed by atoms with van der Waals surface area (Å²) in [6.45, 7) is 0.885. The molecule has 78 valence electrons. The Morgan fingerprint density at radius 1 is 1.64 bits per heavy atom. The van der Waals surface area contributed by atoms with E-state index in [-0.39, 0.29) is 4.88 Å². The third kappa shape index (κ3) is 2.97. The highest BCUT2D eigenvalue weighted by molar-refractivity contribution is 9.11. The second-order valence-electron chi connectivity index (χ2n) is 2.40. The Morgan fingerprint density at radius 3 is 2.86 bits per heavy atom. The van der Waals surface area contributed by atoms with Crippen LogP contribution in [0.4, 0.5) is 0 Å². The van der Waals surface area contributed by atoms with Crippen LogP contribution in [0, 0.1) is 0 Å². The van der Waals surface area contributed by atoms with Crippen LogP contribution in [0.3, 0.4) is 0 Å². The van der Waals surface area contributed by atoms with Crippen LogP contribution in [-0.2, 0) is 4.74 Å². The number of ether oxygens (including phenoxy) is 2. The zero-order chi connectivity index (χ0) is 10.6. The van der Waals surface area contributed by atoms with Crippen molar-refractivity contribution in [3.05, 3.63) is 14.7 Å². The van der Waals surface area contributed by atoms with Crippen LogP contribution in [0.15, 0.2) is 9.85 Å². The molecule has 0 fully saturated rings. The molecule has 14 heavy (non-hydrogen) atoms. The molecule has 1 aromatic heterocycles. The van der Waals surface area contributed by atoms with E-state index in [4.69, 9.17) is 14.6 Å². The highest BCUT2D eigenvalue weighted by atomic mass is 79.9. The number of carbonyl (C=O) groups is 1. The Morgan fingerprint density at radius 2 is 2.36 bits per heavy atom. The molecule has 0 radical (unpaired) electrons. The number of halogens is 1. The first kappa shape index (κ1) is 11.5. The maximum absolute atomic E-state index is 10.6. The predicted molar refractivity (Wildman–Crippen MR) is 56.3 cm³/mol. The number of thiophene rings is 1. The van der Waals surface area contributed by atoms with Crippen molar-refractivity contribution < 1.29 is 19.4 Å². The first-order chi connectivity index (χ1) is 6.65. The molecular weight excluding hydrogens is 272 g/mol. The van der Waals surface area contributed by atoms with E-state index in [0.29, 0.717) is 22.7 Å². The van der Waals surface area contributed by atoms with Crippen molar-refractivity contribution in [2.45, 2.75) is 0 Å². The molecule has 6 heteroatoms. The average Bonchev–Trinajstić information content (AvgIpc) is 2.49. The molecular formula is C8H9BrO4S. The van der Waals surface area contributed by atoms with Gasteiger partial charge in [0.15, 0.2) is 0 Å². The molecule has 4 nitrogen and oxygen atoms in total. The van der Waals surface area contributed by atoms with Crippen LogP contribution < -0.4 is 4.74 Å². The topological polar surface area (TPSA) is 55.8 Å². The third-order valence-electron chi connectivity index (χ3n) is 1.41. The normalized spacial score (nSPS) is 10.1. The quantitative estimate of drug-likeness (QED) is 0.841. The summed E-state index contributed by atoms with van der Waals surface area (Å²) in [5.41, 5.74) is 0. The van der Waals surface area contributed by atoms with E-state index in [0.717, 1.165) is 11.3 Å². The highest BCUT2D eigenvalue weighted by Gasteiger charge is 2.12. The van der Waals surface area contributed by atoms with Crippen molar-refractivity contribution in [1.82, 2.24) is 0 Å². The lowest BCUT2D eigenvalue weighted by atomic mass is 10.4. The molecule has 0 aliphatic heterocycles. The van der Waals surface area contributed by atoms with E-state index in [9.17, 15) is 4.79 Å². The van der Waals surface area contributed by atoms with Gasteiger partial charge < -0.3 is 14.6 Å². The fourth-order valence-electron chi connectivity index (χ4n) is 0.791. The minimum absolute atomic E-state index is 0.254. The summed E-state index contributed by atoms with van der Waals surface area (Å²) in [4.78, 5) is 10.9. The number of rotatable bonds is 5. The van der Waals surface area contributed by atoms with Gasteiger partial charge in [-0.3, -0.25) is 0 Å². The zero-order valence-electron chi connectivity index (χ0n) is 7.45. The molecule has 0 amide bonds. The Bertz CT molecular complexity index is 323. The van der Waals surface area contributed by atoms with Crippen LogP contribution in [0.1, 0.15) is 9.67 Å². The standard InChI is InChI=1S/C8H9BrO4S/c1-12-2-3-13-5-4-6(8(10)11)14-7(5)9/h4H,2-3H2,1H3,(H,10,11). The van der Waals surface area contributed by atoms with Gasteiger partial charge in [-0.25, -0.2) is 4.79 Å². The molecule has 0 spiro atoms. The predicted octanol–water partition coefficient (Wildman–Crippen LogP) is 2.23. The summed E-state index contributed by atoms with van der Waals surface area (Å²) >= 11 is 4.36. The molecule has 0 saturated carbocycles. The number of hydrogen-bond donors (Lipinski definition) is 1. The number of methoxy groups -OCH3 is 1. The fourth-order valence-corrected chi connectivity index (χ4v) is 2.21. The Kier molecular flexibility index (Phi) is 4.37. The molecule has 1 aromatic rings. The van der Waals surface area contributed by atoms with E-state index in [1.54, 1.807) is 7.11 Å². The number of aromatic carboxylic acids is 1. The first-order valence-electron chi connectivity index (χ1n) is 3.79. The second kappa shape index (κ2) is 5.33. The van der Waals surface area contributed by atoms with Gasteiger partial charge in [-0.1, -0.05) is 0 Å². The average molecular weight is 281 g/mol. The van der Waals surface area contributed by atoms with Crippen molar-refractivity contribution in [2.24, 2.45) is 0 Å². The number of carboxylic acid groups (broad SMARTS) is 1. The summed E-state index contributed by atoms with van der Waals surface area (Å²) < 4.78 is 10.8. The number of hydrogen-bond acceptors (Lipinski definition) is 4. The maximum Gasteiger partial charge on any atom is 0.346 e. The van der Waals surface area contributed by atoms with E-state index in [1.807, 2.05) is 0 Å². The summed E-state index contributed by atoms with van der Waals surface area (Å²) in [5, 5.41) is 8.70. The maximum atomic E-state index is 10.6. The molecule has 1 heterocycles. The lowest BCUT2D eigenvalue weighted by molar-refractivity contribution is 0.0701. The summed E-state index contributed by atoms with van der Waals surface area (Å²) in [6.07, 6.45) is 0. The van der Waals surface area contributed by atoms with Crippen molar-refractivity contribution in [3.8, 4) is 5.75 Å². The zero-order valence-corrected chi connectivity index (χ0v) is 9.85. The summed E-state index contributed by atoms with van der Waals surface area (Å²) in [7, 11) is 1.58. The fraction of sp³-hybridized carbons (Fsp3) is 0.375. The largest absolute Gasteiger partial charge is 0.489 e. The smallest absolute Gasteiger partial charge is 0.346 e. The van der Waals surface area contributed by atoms with E-state index in [2.05, 4.69) is 15.9 Å². The molecule has 0 saturated heterocycles. The molecule has 0 aliphatic carbocycles. The Labute approximate surface area is 93.6 Å². The first-order valence-corrected chi connectivity index (χ1v) is 5.40. The highest BCUT2D eigenvalue weighted by Crippen LogP contribution is 2.34. The number of carboxylic acids is 1. The van der Waals surface area contributed by atoms with Gasteiger partial charge >= 0.3 is 5.97 Å². The van der Waals surface area contributed by atoms with Crippen LogP contribution in [-0.4, -0.2) is 31.4 Å². The van der Waals surface area contributed by atoms with Gasteiger partial charge in [0.1, 0.15) is 21.0 Å². The van der Waals surface area contributed by atoms with E-state index in [1.165, 1.54) is 6.07 Å². The molecule has 0 unspecified atom stereocenters. The van der Waals surface area contributed by atoms with Crippen molar-refractivity contribution >= 4 is 33.2 Å². The lowest BCUT2D eigenvalue weighted by Gasteiger charge is -2.02. The minimum Gasteiger partial charge on any atom is -0.489 e. The van der Waals surface area contributed by atoms with E-state index < -0.39 is 5.97 Å². The summed E-state index contributed by atoms with van der Waals surface area (Å²) in [5.74, 6) is -0.401. The molecule has 0 bridgehead atoms. The van der Waals surface area contributed by atoms with Gasteiger partial charge in [-0.15, -0.1) is 11.3 Å². The van der Waals surface area contributed by atoms with Crippen molar-refractivity contribution in [1.29, 1.82) is 0 Å². The van der Waals surface area contributed by atoms with Gasteiger partial charge in [-0.05, 0) is 15.9 Å². The van der Waals surface area contributed by atoms with Crippen LogP contribution in [0.2, 0.25) is 0 Å². The SMILES string of the molecule is COCCOc1cc(C(=O)O)sc1Br. The van der Waals surface area contributed by atoms with Gasteiger partial charge in [0.2, 0.25) is 0 Å². The third-order valence-corrected chi connectivity index (χ3v) is 3.18. The summed E-state index contributed by atoms with van der Waals surface area (Å²) in [6, 6.07) is 1.49. The Hall–Kier alpha value is -0.590. The van der Waals surface area contributed by atoms with Gasteiger partial charge in [0.25, 0.3) is 0 Å². The minimum atomic E-state index is -0.947. The molecule has 0 aliphatic rings. The lowest BCUT2D eigenvalue weighted by Crippen LogP contribution is -2.03. The monoisotopic (exact) mass is 280 g/mol. The van der Waals surface area contributed by atoms with Gasteiger partial charge in [0, 0.05) is 13.2 Å². The molecule has 1 N–H and O–H groups in total. The van der Waals surface area contributed by atoms with Gasteiger partial charge in [0.05, 0.1) is 6.61 Å². The molecule has 0 atom stereocenters. The van der Waals surface area contributed by atoms with Crippen LogP contribution in [0.5, 0.6) is 5.75 Å². The second-order valence-corrected chi connectivity index (χ2v) is 4.77. The van der Waals surface area contributed by atoms with Crippen LogP contribution >= 0.6 is 27.3 Å². The van der Waals surface area contributed by atoms with Crippen molar-refractivity contribution in [3.63, 3.8) is 0 Å². The van der Waals surface area contributed by atoms with Gasteiger partial charge in [-0.2, -0.15) is 0 Å². The van der Waals surface area contributed by atoms with Crippen molar-refractivity contribution in [2.75, 3.05) is 20.3 Å². The Balaban J connectivity index is 2.63. The molecule has 1 rings (SSSR count). The van der Waals surface area contributed by atoms with E-state index >= 15 is 0 Å².